The fraction of sp³-hybridized carbons (Fsp3) is 0.353. The van der Waals surface area contributed by atoms with Crippen LogP contribution in [0.1, 0.15) is 0 Å². The van der Waals surface area contributed by atoms with Crippen LogP contribution in [-0.4, -0.2) is 59.5 Å². The third kappa shape index (κ3) is 2.69. The first-order valence-electron chi connectivity index (χ1n) is 8.06. The Morgan fingerprint density at radius 1 is 1.12 bits per heavy atom. The summed E-state index contributed by atoms with van der Waals surface area (Å²) in [6.45, 7) is 1.51. The summed E-state index contributed by atoms with van der Waals surface area (Å²) >= 11 is 0. The van der Waals surface area contributed by atoms with Crippen molar-refractivity contribution in [3.05, 3.63) is 30.7 Å². The van der Waals surface area contributed by atoms with Crippen LogP contribution >= 0.6 is 0 Å². The molecule has 4 rings (SSSR count). The summed E-state index contributed by atoms with van der Waals surface area (Å²) in [6, 6.07) is 3.85. The van der Waals surface area contributed by atoms with Crippen LogP contribution in [0.5, 0.6) is 0 Å². The molecule has 25 heavy (non-hydrogen) atoms. The minimum absolute atomic E-state index is 0.0327. The smallest absolute Gasteiger partial charge is 0.220 e. The summed E-state index contributed by atoms with van der Waals surface area (Å²) in [5.74, 6) is 0.248. The highest BCUT2D eigenvalue weighted by atomic mass is 16.5. The van der Waals surface area contributed by atoms with Gasteiger partial charge in [0, 0.05) is 51.5 Å². The second-order valence-corrected chi connectivity index (χ2v) is 6.01. The van der Waals surface area contributed by atoms with Crippen LogP contribution < -0.4 is 10.6 Å². The number of nitrogen functional groups attached to an aromatic ring is 1. The van der Waals surface area contributed by atoms with Gasteiger partial charge in [-0.3, -0.25) is 0 Å². The third-order valence-corrected chi connectivity index (χ3v) is 4.66. The number of aromatic nitrogens is 4. The number of fused-ring (bicyclic) bond motifs is 1. The topological polar surface area (TPSA) is 102 Å². The molecule has 0 saturated carbocycles. The number of rotatable bonds is 4. The fourth-order valence-corrected chi connectivity index (χ4v) is 3.42. The number of hydrogen-bond donors (Lipinski definition) is 2. The van der Waals surface area contributed by atoms with Gasteiger partial charge in [-0.05, 0) is 12.1 Å². The quantitative estimate of drug-likeness (QED) is 0.741. The SMILES string of the molecule is COC1CN(c2ccnc3[nH]cc(-c4ccnc(N)n4)c23)CC1OC. The molecule has 4 heterocycles. The maximum atomic E-state index is 5.75. The average molecular weight is 340 g/mol. The van der Waals surface area contributed by atoms with E-state index in [2.05, 4.69) is 24.8 Å². The second kappa shape index (κ2) is 6.30. The van der Waals surface area contributed by atoms with Gasteiger partial charge in [-0.2, -0.15) is 0 Å². The molecular weight excluding hydrogens is 320 g/mol. The van der Waals surface area contributed by atoms with Gasteiger partial charge in [0.1, 0.15) is 17.9 Å². The van der Waals surface area contributed by atoms with E-state index >= 15 is 0 Å². The molecule has 0 aliphatic carbocycles. The summed E-state index contributed by atoms with van der Waals surface area (Å²) in [5.41, 5.74) is 9.33. The van der Waals surface area contributed by atoms with Crippen molar-refractivity contribution in [3.8, 4) is 11.3 Å². The van der Waals surface area contributed by atoms with Gasteiger partial charge in [0.15, 0.2) is 0 Å². The highest BCUT2D eigenvalue weighted by Gasteiger charge is 2.34. The Morgan fingerprint density at radius 3 is 2.52 bits per heavy atom. The van der Waals surface area contributed by atoms with Crippen LogP contribution in [-0.2, 0) is 9.47 Å². The summed E-state index contributed by atoms with van der Waals surface area (Å²) in [7, 11) is 3.43. The minimum atomic E-state index is 0.0327. The van der Waals surface area contributed by atoms with Gasteiger partial charge in [-0.25, -0.2) is 15.0 Å². The Kier molecular flexibility index (Phi) is 3.98. The molecule has 0 radical (unpaired) electrons. The van der Waals surface area contributed by atoms with Gasteiger partial charge in [-0.15, -0.1) is 0 Å². The molecular formula is C17H20N6O2. The van der Waals surface area contributed by atoms with Crippen molar-refractivity contribution in [2.45, 2.75) is 12.2 Å². The highest BCUT2D eigenvalue weighted by Crippen LogP contribution is 2.36. The Labute approximate surface area is 145 Å². The molecule has 2 unspecified atom stereocenters. The number of methoxy groups -OCH3 is 2. The van der Waals surface area contributed by atoms with Crippen molar-refractivity contribution >= 4 is 22.7 Å². The first kappa shape index (κ1) is 15.8. The van der Waals surface area contributed by atoms with Crippen LogP contribution in [0.25, 0.3) is 22.3 Å². The molecule has 1 aliphatic rings. The van der Waals surface area contributed by atoms with E-state index in [1.807, 2.05) is 18.3 Å². The molecule has 1 fully saturated rings. The lowest BCUT2D eigenvalue weighted by molar-refractivity contribution is -0.00461. The standard InChI is InChI=1S/C17H20N6O2/c1-24-13-8-23(9-14(13)25-2)12-4-6-19-16-15(12)10(7-21-16)11-3-5-20-17(18)22-11/h3-7,13-14H,8-9H2,1-2H3,(H,19,21)(H2,18,20,22). The van der Waals surface area contributed by atoms with E-state index in [0.717, 1.165) is 41.1 Å². The molecule has 1 aliphatic heterocycles. The number of anilines is 2. The van der Waals surface area contributed by atoms with Crippen molar-refractivity contribution < 1.29 is 9.47 Å². The van der Waals surface area contributed by atoms with Gasteiger partial charge < -0.3 is 25.1 Å². The number of pyridine rings is 1. The van der Waals surface area contributed by atoms with E-state index in [-0.39, 0.29) is 18.2 Å². The normalized spacial score (nSPS) is 20.5. The zero-order valence-electron chi connectivity index (χ0n) is 14.1. The number of aromatic amines is 1. The van der Waals surface area contributed by atoms with E-state index in [0.29, 0.717) is 0 Å². The minimum Gasteiger partial charge on any atom is -0.377 e. The molecule has 0 aromatic carbocycles. The number of H-pyrrole nitrogens is 1. The number of ether oxygens (including phenoxy) is 2. The van der Waals surface area contributed by atoms with Gasteiger partial charge in [-0.1, -0.05) is 0 Å². The van der Waals surface area contributed by atoms with E-state index in [1.165, 1.54) is 0 Å². The summed E-state index contributed by atoms with van der Waals surface area (Å²) < 4.78 is 11.1. The van der Waals surface area contributed by atoms with Crippen molar-refractivity contribution in [2.24, 2.45) is 0 Å². The van der Waals surface area contributed by atoms with Gasteiger partial charge in [0.25, 0.3) is 0 Å². The fourth-order valence-electron chi connectivity index (χ4n) is 3.42. The van der Waals surface area contributed by atoms with Crippen molar-refractivity contribution in [1.82, 2.24) is 19.9 Å². The number of nitrogens with zero attached hydrogens (tertiary/aromatic N) is 4. The predicted molar refractivity (Wildman–Crippen MR) is 95.3 cm³/mol. The average Bonchev–Trinajstić information content (AvgIpc) is 3.25. The number of nitrogens with two attached hydrogens (primary N) is 1. The Morgan fingerprint density at radius 2 is 1.84 bits per heavy atom. The zero-order valence-corrected chi connectivity index (χ0v) is 14.1. The molecule has 0 bridgehead atoms. The van der Waals surface area contributed by atoms with Gasteiger partial charge in [0.05, 0.1) is 16.8 Å². The molecule has 8 nitrogen and oxygen atoms in total. The molecule has 130 valence electrons. The van der Waals surface area contributed by atoms with Crippen LogP contribution in [0.2, 0.25) is 0 Å². The van der Waals surface area contributed by atoms with Crippen LogP contribution in [0, 0.1) is 0 Å². The summed E-state index contributed by atoms with van der Waals surface area (Å²) in [4.78, 5) is 18.2. The van der Waals surface area contributed by atoms with E-state index in [9.17, 15) is 0 Å². The largest absolute Gasteiger partial charge is 0.377 e. The maximum absolute atomic E-state index is 5.75. The maximum Gasteiger partial charge on any atom is 0.220 e. The molecule has 3 aromatic heterocycles. The van der Waals surface area contributed by atoms with Gasteiger partial charge >= 0.3 is 0 Å². The monoisotopic (exact) mass is 340 g/mol. The second-order valence-electron chi connectivity index (χ2n) is 6.01. The first-order valence-corrected chi connectivity index (χ1v) is 8.06. The molecule has 2 atom stereocenters. The van der Waals surface area contributed by atoms with Crippen LogP contribution in [0.4, 0.5) is 11.6 Å². The van der Waals surface area contributed by atoms with Crippen molar-refractivity contribution in [1.29, 1.82) is 0 Å². The van der Waals surface area contributed by atoms with Gasteiger partial charge in [0.2, 0.25) is 5.95 Å². The Bertz CT molecular complexity index is 884. The van der Waals surface area contributed by atoms with Crippen molar-refractivity contribution in [3.63, 3.8) is 0 Å². The summed E-state index contributed by atoms with van der Waals surface area (Å²) in [6.07, 6.45) is 5.43. The van der Waals surface area contributed by atoms with E-state index in [1.54, 1.807) is 26.6 Å². The molecule has 3 aromatic rings. The Hall–Kier alpha value is -2.71. The number of hydrogen-bond acceptors (Lipinski definition) is 7. The molecule has 0 spiro atoms. The lowest BCUT2D eigenvalue weighted by Crippen LogP contribution is -2.27. The molecule has 3 N–H and O–H groups in total. The predicted octanol–water partition coefficient (Wildman–Crippen LogP) is 1.45. The van der Waals surface area contributed by atoms with Crippen molar-refractivity contribution in [2.75, 3.05) is 37.9 Å². The zero-order chi connectivity index (χ0) is 17.4. The lowest BCUT2D eigenvalue weighted by atomic mass is 10.1. The van der Waals surface area contributed by atoms with E-state index < -0.39 is 0 Å². The molecule has 1 saturated heterocycles. The summed E-state index contributed by atoms with van der Waals surface area (Å²) in [5, 5.41) is 1.01. The number of nitrogens with one attached hydrogen (secondary N) is 1. The molecule has 0 amide bonds. The Balaban J connectivity index is 1.81. The van der Waals surface area contributed by atoms with Crippen LogP contribution in [0.3, 0.4) is 0 Å². The third-order valence-electron chi connectivity index (χ3n) is 4.66. The first-order chi connectivity index (χ1) is 12.2. The molecule has 8 heteroatoms. The van der Waals surface area contributed by atoms with Crippen LogP contribution in [0.15, 0.2) is 30.7 Å². The highest BCUT2D eigenvalue weighted by molar-refractivity contribution is 6.02. The lowest BCUT2D eigenvalue weighted by Gasteiger charge is -2.19. The van der Waals surface area contributed by atoms with E-state index in [4.69, 9.17) is 15.2 Å².